The highest BCUT2D eigenvalue weighted by Gasteiger charge is 2.22. The summed E-state index contributed by atoms with van der Waals surface area (Å²) in [5.41, 5.74) is 5.07. The standard InChI is InChI=1S/C18H22N2O2/c1-3-21-18-11-13(7-9-20-18)14-5-4-6-16-15(14)8-10-22-17(16)12-19-2/h4-7,9,11,17,19H,3,8,10,12H2,1-2H3. The maximum absolute atomic E-state index is 5.90. The van der Waals surface area contributed by atoms with Gasteiger partial charge in [-0.3, -0.25) is 0 Å². The van der Waals surface area contributed by atoms with Crippen LogP contribution in [0.25, 0.3) is 11.1 Å². The maximum Gasteiger partial charge on any atom is 0.213 e. The third-order valence-electron chi connectivity index (χ3n) is 3.96. The number of fused-ring (bicyclic) bond motifs is 1. The topological polar surface area (TPSA) is 43.4 Å². The molecule has 1 aliphatic heterocycles. The van der Waals surface area contributed by atoms with E-state index in [1.807, 2.05) is 32.3 Å². The monoisotopic (exact) mass is 298 g/mol. The summed E-state index contributed by atoms with van der Waals surface area (Å²) in [6.07, 6.45) is 2.88. The van der Waals surface area contributed by atoms with E-state index in [4.69, 9.17) is 9.47 Å². The van der Waals surface area contributed by atoms with Gasteiger partial charge in [-0.05, 0) is 48.7 Å². The van der Waals surface area contributed by atoms with Gasteiger partial charge in [-0.15, -0.1) is 0 Å². The predicted octanol–water partition coefficient (Wildman–Crippen LogP) is 2.98. The molecule has 0 aliphatic carbocycles. The highest BCUT2D eigenvalue weighted by Crippen LogP contribution is 2.34. The van der Waals surface area contributed by atoms with Gasteiger partial charge in [0.15, 0.2) is 0 Å². The van der Waals surface area contributed by atoms with Gasteiger partial charge < -0.3 is 14.8 Å². The number of nitrogens with zero attached hydrogens (tertiary/aromatic N) is 1. The van der Waals surface area contributed by atoms with E-state index < -0.39 is 0 Å². The van der Waals surface area contributed by atoms with Crippen molar-refractivity contribution in [1.82, 2.24) is 10.3 Å². The molecule has 116 valence electrons. The van der Waals surface area contributed by atoms with Gasteiger partial charge in [0.25, 0.3) is 0 Å². The first-order chi connectivity index (χ1) is 10.8. The van der Waals surface area contributed by atoms with E-state index in [0.717, 1.165) is 25.1 Å². The molecule has 2 aromatic rings. The summed E-state index contributed by atoms with van der Waals surface area (Å²) >= 11 is 0. The SMILES string of the molecule is CCOc1cc(-c2cccc3c2CCOC3CNC)ccn1. The summed E-state index contributed by atoms with van der Waals surface area (Å²) in [6, 6.07) is 10.5. The van der Waals surface area contributed by atoms with Crippen molar-refractivity contribution in [2.45, 2.75) is 19.4 Å². The molecule has 4 heteroatoms. The molecular formula is C18H22N2O2. The summed E-state index contributed by atoms with van der Waals surface area (Å²) in [5.74, 6) is 0.677. The number of rotatable bonds is 5. The maximum atomic E-state index is 5.90. The van der Waals surface area contributed by atoms with Gasteiger partial charge in [0, 0.05) is 18.8 Å². The first-order valence-electron chi connectivity index (χ1n) is 7.80. The molecule has 22 heavy (non-hydrogen) atoms. The van der Waals surface area contributed by atoms with Crippen molar-refractivity contribution in [1.29, 1.82) is 0 Å². The Morgan fingerprint density at radius 3 is 3.09 bits per heavy atom. The Kier molecular flexibility index (Phi) is 4.71. The summed E-state index contributed by atoms with van der Waals surface area (Å²) < 4.78 is 11.4. The molecule has 1 N–H and O–H groups in total. The summed E-state index contributed by atoms with van der Waals surface area (Å²) in [5, 5.41) is 3.21. The van der Waals surface area contributed by atoms with Crippen molar-refractivity contribution in [2.75, 3.05) is 26.8 Å². The Morgan fingerprint density at radius 2 is 2.27 bits per heavy atom. The molecule has 1 aromatic carbocycles. The van der Waals surface area contributed by atoms with Crippen LogP contribution < -0.4 is 10.1 Å². The Bertz CT molecular complexity index is 643. The summed E-state index contributed by atoms with van der Waals surface area (Å²) in [6.45, 7) is 4.19. The second kappa shape index (κ2) is 6.90. The lowest BCUT2D eigenvalue weighted by atomic mass is 9.90. The number of likely N-dealkylation sites (N-methyl/N-ethyl adjacent to an activating group) is 1. The minimum absolute atomic E-state index is 0.127. The number of nitrogens with one attached hydrogen (secondary N) is 1. The third-order valence-corrected chi connectivity index (χ3v) is 3.96. The van der Waals surface area contributed by atoms with Gasteiger partial charge in [-0.2, -0.15) is 0 Å². The summed E-state index contributed by atoms with van der Waals surface area (Å²) in [4.78, 5) is 4.25. The fraction of sp³-hybridized carbons (Fsp3) is 0.389. The zero-order valence-electron chi connectivity index (χ0n) is 13.1. The Hall–Kier alpha value is -1.91. The van der Waals surface area contributed by atoms with E-state index >= 15 is 0 Å². The van der Waals surface area contributed by atoms with Gasteiger partial charge in [-0.1, -0.05) is 18.2 Å². The van der Waals surface area contributed by atoms with Crippen LogP contribution in [0.4, 0.5) is 0 Å². The Morgan fingerprint density at radius 1 is 1.36 bits per heavy atom. The Labute approximate surface area is 131 Å². The molecule has 0 amide bonds. The van der Waals surface area contributed by atoms with Gasteiger partial charge in [0.05, 0.1) is 19.3 Å². The number of hydrogen-bond donors (Lipinski definition) is 1. The van der Waals surface area contributed by atoms with E-state index in [1.165, 1.54) is 16.7 Å². The van der Waals surface area contributed by atoms with E-state index in [0.29, 0.717) is 12.5 Å². The highest BCUT2D eigenvalue weighted by atomic mass is 16.5. The highest BCUT2D eigenvalue weighted by molar-refractivity contribution is 5.70. The second-order valence-electron chi connectivity index (χ2n) is 5.36. The normalized spacial score (nSPS) is 17.1. The molecule has 1 atom stereocenters. The van der Waals surface area contributed by atoms with Crippen molar-refractivity contribution >= 4 is 0 Å². The minimum Gasteiger partial charge on any atom is -0.478 e. The largest absolute Gasteiger partial charge is 0.478 e. The zero-order chi connectivity index (χ0) is 15.4. The van der Waals surface area contributed by atoms with Crippen molar-refractivity contribution in [2.24, 2.45) is 0 Å². The van der Waals surface area contributed by atoms with Crippen LogP contribution in [0.5, 0.6) is 5.88 Å². The molecule has 2 heterocycles. The van der Waals surface area contributed by atoms with Crippen LogP contribution >= 0.6 is 0 Å². The van der Waals surface area contributed by atoms with E-state index in [-0.39, 0.29) is 6.10 Å². The van der Waals surface area contributed by atoms with Crippen molar-refractivity contribution in [3.05, 3.63) is 47.7 Å². The third kappa shape index (κ3) is 2.98. The molecule has 0 saturated carbocycles. The molecule has 0 bridgehead atoms. The zero-order valence-corrected chi connectivity index (χ0v) is 13.1. The first kappa shape index (κ1) is 15.0. The molecule has 0 radical (unpaired) electrons. The molecular weight excluding hydrogens is 276 g/mol. The van der Waals surface area contributed by atoms with Gasteiger partial charge in [0.1, 0.15) is 0 Å². The number of aromatic nitrogens is 1. The van der Waals surface area contributed by atoms with Crippen LogP contribution in [0.2, 0.25) is 0 Å². The van der Waals surface area contributed by atoms with Crippen LogP contribution in [0.1, 0.15) is 24.2 Å². The van der Waals surface area contributed by atoms with Crippen LogP contribution in [0.3, 0.4) is 0 Å². The van der Waals surface area contributed by atoms with Crippen molar-refractivity contribution in [3.63, 3.8) is 0 Å². The van der Waals surface area contributed by atoms with Gasteiger partial charge in [0.2, 0.25) is 5.88 Å². The number of benzene rings is 1. The molecule has 1 aliphatic rings. The quantitative estimate of drug-likeness (QED) is 0.921. The molecule has 0 spiro atoms. The molecule has 1 aromatic heterocycles. The smallest absolute Gasteiger partial charge is 0.213 e. The molecule has 0 saturated heterocycles. The lowest BCUT2D eigenvalue weighted by Gasteiger charge is -2.28. The second-order valence-corrected chi connectivity index (χ2v) is 5.36. The Balaban J connectivity index is 2.01. The van der Waals surface area contributed by atoms with Crippen molar-refractivity contribution < 1.29 is 9.47 Å². The molecule has 0 fully saturated rings. The van der Waals surface area contributed by atoms with E-state index in [9.17, 15) is 0 Å². The van der Waals surface area contributed by atoms with Gasteiger partial charge in [-0.25, -0.2) is 4.98 Å². The lowest BCUT2D eigenvalue weighted by molar-refractivity contribution is 0.0440. The van der Waals surface area contributed by atoms with Crippen LogP contribution in [0, 0.1) is 0 Å². The van der Waals surface area contributed by atoms with Crippen LogP contribution in [0.15, 0.2) is 36.5 Å². The average Bonchev–Trinajstić information content (AvgIpc) is 2.55. The number of ether oxygens (including phenoxy) is 2. The lowest BCUT2D eigenvalue weighted by Crippen LogP contribution is -2.25. The summed E-state index contributed by atoms with van der Waals surface area (Å²) in [7, 11) is 1.96. The predicted molar refractivity (Wildman–Crippen MR) is 87.2 cm³/mol. The minimum atomic E-state index is 0.127. The molecule has 3 rings (SSSR count). The fourth-order valence-electron chi connectivity index (χ4n) is 3.01. The van der Waals surface area contributed by atoms with Crippen molar-refractivity contribution in [3.8, 4) is 17.0 Å². The van der Waals surface area contributed by atoms with Crippen LogP contribution in [-0.2, 0) is 11.2 Å². The number of pyridine rings is 1. The fourth-order valence-corrected chi connectivity index (χ4v) is 3.01. The van der Waals surface area contributed by atoms with E-state index in [2.05, 4.69) is 28.5 Å². The average molecular weight is 298 g/mol. The van der Waals surface area contributed by atoms with E-state index in [1.54, 1.807) is 0 Å². The molecule has 4 nitrogen and oxygen atoms in total. The van der Waals surface area contributed by atoms with Crippen LogP contribution in [-0.4, -0.2) is 31.8 Å². The first-order valence-corrected chi connectivity index (χ1v) is 7.80. The number of hydrogen-bond acceptors (Lipinski definition) is 4. The molecule has 1 unspecified atom stereocenters. The van der Waals surface area contributed by atoms with Gasteiger partial charge >= 0.3 is 0 Å².